The molecule has 1 aromatic carbocycles. The molecule has 1 saturated heterocycles. The van der Waals surface area contributed by atoms with Crippen molar-refractivity contribution in [2.45, 2.75) is 24.2 Å². The lowest BCUT2D eigenvalue weighted by Crippen LogP contribution is -2.34. The fourth-order valence-electron chi connectivity index (χ4n) is 4.03. The van der Waals surface area contributed by atoms with Crippen LogP contribution in [0.3, 0.4) is 0 Å². The first kappa shape index (κ1) is 16.7. The third-order valence-electron chi connectivity index (χ3n) is 5.20. The SMILES string of the molecule is COC[C@]12CCC[C@@H]1CN(S(=O)(=O)c1ccc(OC)c(F)c1)C2. The van der Waals surface area contributed by atoms with Gasteiger partial charge in [0.25, 0.3) is 0 Å². The molecular formula is C16H22FNO4S. The summed E-state index contributed by atoms with van der Waals surface area (Å²) in [5.74, 6) is -0.307. The Hall–Kier alpha value is -1.18. The Morgan fingerprint density at radius 2 is 2.17 bits per heavy atom. The van der Waals surface area contributed by atoms with Crippen LogP contribution in [0.5, 0.6) is 5.75 Å². The minimum atomic E-state index is -3.70. The van der Waals surface area contributed by atoms with E-state index < -0.39 is 15.8 Å². The molecule has 0 spiro atoms. The Kier molecular flexibility index (Phi) is 4.37. The lowest BCUT2D eigenvalue weighted by Gasteiger charge is -2.27. The fraction of sp³-hybridized carbons (Fsp3) is 0.625. The molecule has 1 aliphatic heterocycles. The number of nitrogens with zero attached hydrogens (tertiary/aromatic N) is 1. The second-order valence-corrected chi connectivity index (χ2v) is 8.42. The number of rotatable bonds is 5. The van der Waals surface area contributed by atoms with Crippen LogP contribution < -0.4 is 4.74 Å². The van der Waals surface area contributed by atoms with E-state index in [0.29, 0.717) is 25.6 Å². The molecule has 0 amide bonds. The summed E-state index contributed by atoms with van der Waals surface area (Å²) >= 11 is 0. The van der Waals surface area contributed by atoms with Gasteiger partial charge in [0, 0.05) is 25.6 Å². The molecule has 23 heavy (non-hydrogen) atoms. The Bertz CT molecular complexity index is 693. The lowest BCUT2D eigenvalue weighted by molar-refractivity contribution is 0.0738. The van der Waals surface area contributed by atoms with Gasteiger partial charge < -0.3 is 9.47 Å². The van der Waals surface area contributed by atoms with E-state index in [-0.39, 0.29) is 16.1 Å². The first-order valence-electron chi connectivity index (χ1n) is 7.75. The molecule has 1 aromatic rings. The Labute approximate surface area is 136 Å². The fourth-order valence-corrected chi connectivity index (χ4v) is 5.62. The van der Waals surface area contributed by atoms with Crippen molar-refractivity contribution < 1.29 is 22.3 Å². The van der Waals surface area contributed by atoms with Crippen LogP contribution in [0.15, 0.2) is 23.1 Å². The zero-order chi connectivity index (χ0) is 16.7. The molecule has 2 fully saturated rings. The molecule has 0 N–H and O–H groups in total. The highest BCUT2D eigenvalue weighted by Gasteiger charge is 2.52. The third kappa shape index (κ3) is 2.75. The molecule has 0 unspecified atom stereocenters. The summed E-state index contributed by atoms with van der Waals surface area (Å²) in [6.45, 7) is 1.50. The topological polar surface area (TPSA) is 55.8 Å². The van der Waals surface area contributed by atoms with Gasteiger partial charge in [0.1, 0.15) is 0 Å². The van der Waals surface area contributed by atoms with E-state index in [0.717, 1.165) is 25.3 Å². The van der Waals surface area contributed by atoms with E-state index in [1.165, 1.54) is 23.5 Å². The number of fused-ring (bicyclic) bond motifs is 1. The minimum absolute atomic E-state index is 0.0247. The number of hydrogen-bond donors (Lipinski definition) is 0. The molecule has 0 bridgehead atoms. The van der Waals surface area contributed by atoms with E-state index in [1.807, 2.05) is 0 Å². The van der Waals surface area contributed by atoms with Crippen LogP contribution in [0.4, 0.5) is 4.39 Å². The number of ether oxygens (including phenoxy) is 2. The predicted octanol–water partition coefficient (Wildman–Crippen LogP) is 2.27. The number of halogens is 1. The number of methoxy groups -OCH3 is 2. The zero-order valence-corrected chi connectivity index (χ0v) is 14.2. The molecule has 128 valence electrons. The molecule has 1 saturated carbocycles. The summed E-state index contributed by atoms with van der Waals surface area (Å²) in [6, 6.07) is 3.78. The molecule has 0 radical (unpaired) electrons. The Morgan fingerprint density at radius 1 is 1.39 bits per heavy atom. The maximum atomic E-state index is 13.9. The van der Waals surface area contributed by atoms with Crippen LogP contribution in [0.2, 0.25) is 0 Å². The molecule has 2 aliphatic rings. The van der Waals surface area contributed by atoms with Crippen LogP contribution in [0, 0.1) is 17.2 Å². The van der Waals surface area contributed by atoms with Gasteiger partial charge in [-0.3, -0.25) is 0 Å². The molecule has 0 aromatic heterocycles. The van der Waals surface area contributed by atoms with Crippen molar-refractivity contribution in [2.24, 2.45) is 11.3 Å². The lowest BCUT2D eigenvalue weighted by atomic mass is 9.82. The van der Waals surface area contributed by atoms with E-state index in [9.17, 15) is 12.8 Å². The summed E-state index contributed by atoms with van der Waals surface area (Å²) in [5.41, 5.74) is -0.0904. The van der Waals surface area contributed by atoms with Gasteiger partial charge in [-0.15, -0.1) is 0 Å². The highest BCUT2D eigenvalue weighted by atomic mass is 32.2. The normalized spacial score (nSPS) is 28.0. The van der Waals surface area contributed by atoms with Crippen molar-refractivity contribution in [1.82, 2.24) is 4.31 Å². The molecule has 5 nitrogen and oxygen atoms in total. The van der Waals surface area contributed by atoms with Gasteiger partial charge in [-0.2, -0.15) is 4.31 Å². The molecule has 1 heterocycles. The third-order valence-corrected chi connectivity index (χ3v) is 7.01. The van der Waals surface area contributed by atoms with Gasteiger partial charge in [-0.25, -0.2) is 12.8 Å². The van der Waals surface area contributed by atoms with Crippen molar-refractivity contribution in [1.29, 1.82) is 0 Å². The number of sulfonamides is 1. The smallest absolute Gasteiger partial charge is 0.243 e. The number of benzene rings is 1. The summed E-state index contributed by atoms with van der Waals surface area (Å²) < 4.78 is 51.2. The van der Waals surface area contributed by atoms with Gasteiger partial charge in [0.15, 0.2) is 11.6 Å². The Morgan fingerprint density at radius 3 is 2.83 bits per heavy atom. The molecule has 3 rings (SSSR count). The van der Waals surface area contributed by atoms with Crippen LogP contribution in [-0.2, 0) is 14.8 Å². The Balaban J connectivity index is 1.88. The van der Waals surface area contributed by atoms with Crippen LogP contribution in [-0.4, -0.2) is 46.6 Å². The molecule has 7 heteroatoms. The first-order valence-corrected chi connectivity index (χ1v) is 9.19. The average Bonchev–Trinajstić information content (AvgIpc) is 3.04. The highest BCUT2D eigenvalue weighted by Crippen LogP contribution is 2.50. The summed E-state index contributed by atoms with van der Waals surface area (Å²) in [7, 11) is -0.700. The van der Waals surface area contributed by atoms with Crippen molar-refractivity contribution in [3.05, 3.63) is 24.0 Å². The maximum absolute atomic E-state index is 13.9. The second-order valence-electron chi connectivity index (χ2n) is 6.48. The quantitative estimate of drug-likeness (QED) is 0.823. The summed E-state index contributed by atoms with van der Waals surface area (Å²) in [5, 5.41) is 0. The summed E-state index contributed by atoms with van der Waals surface area (Å²) in [4.78, 5) is -0.0247. The molecule has 2 atom stereocenters. The van der Waals surface area contributed by atoms with Crippen LogP contribution >= 0.6 is 0 Å². The van der Waals surface area contributed by atoms with E-state index in [1.54, 1.807) is 7.11 Å². The van der Waals surface area contributed by atoms with Gasteiger partial charge in [0.2, 0.25) is 10.0 Å². The zero-order valence-electron chi connectivity index (χ0n) is 13.4. The largest absolute Gasteiger partial charge is 0.494 e. The van der Waals surface area contributed by atoms with E-state index >= 15 is 0 Å². The maximum Gasteiger partial charge on any atom is 0.243 e. The predicted molar refractivity (Wildman–Crippen MR) is 83.4 cm³/mol. The summed E-state index contributed by atoms with van der Waals surface area (Å²) in [6.07, 6.45) is 3.11. The minimum Gasteiger partial charge on any atom is -0.494 e. The average molecular weight is 343 g/mol. The van der Waals surface area contributed by atoms with E-state index in [2.05, 4.69) is 0 Å². The first-order chi connectivity index (χ1) is 10.9. The van der Waals surface area contributed by atoms with Crippen molar-refractivity contribution in [3.63, 3.8) is 0 Å². The van der Waals surface area contributed by atoms with Gasteiger partial charge in [-0.1, -0.05) is 6.42 Å². The van der Waals surface area contributed by atoms with Crippen molar-refractivity contribution in [3.8, 4) is 5.75 Å². The van der Waals surface area contributed by atoms with Crippen molar-refractivity contribution in [2.75, 3.05) is 33.9 Å². The molecule has 1 aliphatic carbocycles. The van der Waals surface area contributed by atoms with Gasteiger partial charge in [-0.05, 0) is 37.0 Å². The van der Waals surface area contributed by atoms with Crippen LogP contribution in [0.25, 0.3) is 0 Å². The standard InChI is InChI=1S/C16H22FNO4S/c1-21-11-16-7-3-4-12(16)9-18(10-16)23(19,20)13-5-6-15(22-2)14(17)8-13/h5-6,8,12H,3-4,7,9-11H2,1-2H3/t12-,16-/m1/s1. The monoisotopic (exact) mass is 343 g/mol. The second kappa shape index (κ2) is 6.03. The number of hydrogen-bond acceptors (Lipinski definition) is 4. The van der Waals surface area contributed by atoms with Crippen molar-refractivity contribution >= 4 is 10.0 Å². The van der Waals surface area contributed by atoms with E-state index in [4.69, 9.17) is 9.47 Å². The van der Waals surface area contributed by atoms with Crippen LogP contribution in [0.1, 0.15) is 19.3 Å². The van der Waals surface area contributed by atoms with Gasteiger partial charge in [0.05, 0.1) is 18.6 Å². The highest BCUT2D eigenvalue weighted by molar-refractivity contribution is 7.89. The van der Waals surface area contributed by atoms with Gasteiger partial charge >= 0.3 is 0 Å². The molecular weight excluding hydrogens is 321 g/mol.